The Balaban J connectivity index is 1.79. The molecule has 182 valence electrons. The Morgan fingerprint density at radius 2 is 1.88 bits per heavy atom. The number of pyridine rings is 1. The molecule has 2 heterocycles. The van der Waals surface area contributed by atoms with E-state index in [2.05, 4.69) is 10.3 Å². The van der Waals surface area contributed by atoms with E-state index in [1.54, 1.807) is 13.8 Å². The zero-order chi connectivity index (χ0) is 24.9. The fourth-order valence-corrected chi connectivity index (χ4v) is 5.79. The SMILES string of the molecule is COc1ccc(S(=O)(=O)N2CCCCCC2)cc1NC(=O)CCc1c(C)[nH]c(=O)c(C#N)c1C. The van der Waals surface area contributed by atoms with Gasteiger partial charge in [-0.1, -0.05) is 12.8 Å². The lowest BCUT2D eigenvalue weighted by Crippen LogP contribution is -2.32. The molecule has 3 rings (SSSR count). The number of carbonyl (C=O) groups is 1. The fraction of sp³-hybridized carbons (Fsp3) is 0.458. The molecule has 0 bridgehead atoms. The van der Waals surface area contributed by atoms with Crippen molar-refractivity contribution in [3.63, 3.8) is 0 Å². The minimum Gasteiger partial charge on any atom is -0.495 e. The highest BCUT2D eigenvalue weighted by Gasteiger charge is 2.26. The van der Waals surface area contributed by atoms with E-state index in [0.717, 1.165) is 31.2 Å². The largest absolute Gasteiger partial charge is 0.495 e. The molecule has 1 saturated heterocycles. The van der Waals surface area contributed by atoms with E-state index in [9.17, 15) is 23.3 Å². The number of ether oxygens (including phenoxy) is 1. The summed E-state index contributed by atoms with van der Waals surface area (Å²) in [6, 6.07) is 6.36. The number of aryl methyl sites for hydroxylation is 1. The van der Waals surface area contributed by atoms with Crippen molar-refractivity contribution in [3.05, 3.63) is 50.9 Å². The van der Waals surface area contributed by atoms with Gasteiger partial charge in [0.2, 0.25) is 15.9 Å². The first-order chi connectivity index (χ1) is 16.2. The second-order valence-electron chi connectivity index (χ2n) is 8.40. The van der Waals surface area contributed by atoms with E-state index in [1.165, 1.54) is 29.6 Å². The Hall–Kier alpha value is -3.16. The van der Waals surface area contributed by atoms with Gasteiger partial charge in [0.05, 0.1) is 17.7 Å². The van der Waals surface area contributed by atoms with Gasteiger partial charge in [0.15, 0.2) is 0 Å². The first kappa shape index (κ1) is 25.5. The summed E-state index contributed by atoms with van der Waals surface area (Å²) in [5.41, 5.74) is 1.76. The van der Waals surface area contributed by atoms with Crippen LogP contribution in [0, 0.1) is 25.2 Å². The normalized spacial score (nSPS) is 14.8. The van der Waals surface area contributed by atoms with Crippen LogP contribution >= 0.6 is 0 Å². The van der Waals surface area contributed by atoms with Crippen molar-refractivity contribution in [1.82, 2.24) is 9.29 Å². The second kappa shape index (κ2) is 10.8. The van der Waals surface area contributed by atoms with Gasteiger partial charge in [-0.3, -0.25) is 9.59 Å². The number of hydrogen-bond donors (Lipinski definition) is 2. The third-order valence-electron chi connectivity index (χ3n) is 6.17. The van der Waals surface area contributed by atoms with E-state index < -0.39 is 15.6 Å². The topological polar surface area (TPSA) is 132 Å². The molecule has 1 aromatic heterocycles. The highest BCUT2D eigenvalue weighted by Crippen LogP contribution is 2.30. The summed E-state index contributed by atoms with van der Waals surface area (Å²) >= 11 is 0. The maximum Gasteiger partial charge on any atom is 0.266 e. The predicted octanol–water partition coefficient (Wildman–Crippen LogP) is 3.01. The van der Waals surface area contributed by atoms with Gasteiger partial charge in [-0.2, -0.15) is 9.57 Å². The second-order valence-corrected chi connectivity index (χ2v) is 10.3. The van der Waals surface area contributed by atoms with Crippen LogP contribution in [0.5, 0.6) is 5.75 Å². The average molecular weight is 487 g/mol. The number of nitrogens with zero attached hydrogens (tertiary/aromatic N) is 2. The van der Waals surface area contributed by atoms with Crippen molar-refractivity contribution in [2.45, 2.75) is 57.3 Å². The number of amides is 1. The van der Waals surface area contributed by atoms with E-state index >= 15 is 0 Å². The number of methoxy groups -OCH3 is 1. The number of H-pyrrole nitrogens is 1. The van der Waals surface area contributed by atoms with Crippen molar-refractivity contribution in [2.75, 3.05) is 25.5 Å². The van der Waals surface area contributed by atoms with Crippen LogP contribution in [0.25, 0.3) is 0 Å². The zero-order valence-electron chi connectivity index (χ0n) is 19.7. The Morgan fingerprint density at radius 3 is 2.50 bits per heavy atom. The summed E-state index contributed by atoms with van der Waals surface area (Å²) in [5, 5.41) is 12.0. The summed E-state index contributed by atoms with van der Waals surface area (Å²) in [4.78, 5) is 27.4. The highest BCUT2D eigenvalue weighted by atomic mass is 32.2. The minimum absolute atomic E-state index is 0.0362. The molecule has 34 heavy (non-hydrogen) atoms. The maximum atomic E-state index is 13.2. The van der Waals surface area contributed by atoms with Gasteiger partial charge < -0.3 is 15.0 Å². The van der Waals surface area contributed by atoms with Gasteiger partial charge in [-0.05, 0) is 62.4 Å². The van der Waals surface area contributed by atoms with Crippen LogP contribution < -0.4 is 15.6 Å². The van der Waals surface area contributed by atoms with Crippen molar-refractivity contribution in [3.8, 4) is 11.8 Å². The van der Waals surface area contributed by atoms with E-state index in [1.807, 2.05) is 6.07 Å². The molecule has 1 aromatic carbocycles. The van der Waals surface area contributed by atoms with Gasteiger partial charge in [-0.15, -0.1) is 0 Å². The number of carbonyl (C=O) groups excluding carboxylic acids is 1. The highest BCUT2D eigenvalue weighted by molar-refractivity contribution is 7.89. The van der Waals surface area contributed by atoms with E-state index in [-0.39, 0.29) is 28.5 Å². The van der Waals surface area contributed by atoms with E-state index in [0.29, 0.717) is 36.5 Å². The summed E-state index contributed by atoms with van der Waals surface area (Å²) in [6.45, 7) is 4.38. The number of aromatic nitrogens is 1. The van der Waals surface area contributed by atoms with Gasteiger partial charge in [-0.25, -0.2) is 8.42 Å². The van der Waals surface area contributed by atoms with Crippen LogP contribution in [-0.4, -0.2) is 43.8 Å². The number of sulfonamides is 1. The smallest absolute Gasteiger partial charge is 0.266 e. The first-order valence-corrected chi connectivity index (χ1v) is 12.7. The predicted molar refractivity (Wildman–Crippen MR) is 128 cm³/mol. The molecule has 0 radical (unpaired) electrons. The van der Waals surface area contributed by atoms with Gasteiger partial charge >= 0.3 is 0 Å². The molecular formula is C24H30N4O5S. The van der Waals surface area contributed by atoms with Crippen LogP contribution in [0.4, 0.5) is 5.69 Å². The molecule has 0 aliphatic carbocycles. The molecule has 1 aliphatic heterocycles. The van der Waals surface area contributed by atoms with Crippen molar-refractivity contribution in [1.29, 1.82) is 5.26 Å². The number of nitrogens with one attached hydrogen (secondary N) is 2. The lowest BCUT2D eigenvalue weighted by Gasteiger charge is -2.21. The molecular weight excluding hydrogens is 456 g/mol. The Labute approximate surface area is 199 Å². The molecule has 2 aromatic rings. The van der Waals surface area contributed by atoms with Crippen LogP contribution in [0.2, 0.25) is 0 Å². The van der Waals surface area contributed by atoms with Crippen LogP contribution in [0.1, 0.15) is 54.5 Å². The molecule has 0 spiro atoms. The zero-order valence-corrected chi connectivity index (χ0v) is 20.5. The molecule has 1 amide bonds. The lowest BCUT2D eigenvalue weighted by atomic mass is 9.99. The summed E-state index contributed by atoms with van der Waals surface area (Å²) in [6.07, 6.45) is 4.07. The van der Waals surface area contributed by atoms with E-state index in [4.69, 9.17) is 4.74 Å². The first-order valence-electron chi connectivity index (χ1n) is 11.3. The molecule has 10 heteroatoms. The number of nitriles is 1. The van der Waals surface area contributed by atoms with Gasteiger partial charge in [0.25, 0.3) is 5.56 Å². The number of aromatic amines is 1. The third kappa shape index (κ3) is 5.48. The third-order valence-corrected chi connectivity index (χ3v) is 8.06. The minimum atomic E-state index is -3.68. The monoisotopic (exact) mass is 486 g/mol. The Morgan fingerprint density at radius 1 is 1.21 bits per heavy atom. The lowest BCUT2D eigenvalue weighted by molar-refractivity contribution is -0.116. The van der Waals surface area contributed by atoms with Gasteiger partial charge in [0.1, 0.15) is 17.4 Å². The van der Waals surface area contributed by atoms with Crippen molar-refractivity contribution < 1.29 is 17.9 Å². The molecule has 0 saturated carbocycles. The molecule has 2 N–H and O–H groups in total. The number of hydrogen-bond acceptors (Lipinski definition) is 6. The standard InChI is InChI=1S/C24H30N4O5S/c1-16-19(17(2)26-24(30)20(16)15-25)9-11-23(29)27-21-14-18(8-10-22(21)33-3)34(31,32)28-12-6-4-5-7-13-28/h8,10,14H,4-7,9,11-13H2,1-3H3,(H,26,30)(H,27,29). The van der Waals surface area contributed by atoms with Crippen LogP contribution in [0.15, 0.2) is 27.9 Å². The van der Waals surface area contributed by atoms with Crippen LogP contribution in [-0.2, 0) is 21.2 Å². The van der Waals surface area contributed by atoms with Crippen LogP contribution in [0.3, 0.4) is 0 Å². The number of rotatable bonds is 7. The molecule has 1 aliphatic rings. The molecule has 0 atom stereocenters. The van der Waals surface area contributed by atoms with Crippen molar-refractivity contribution >= 4 is 21.6 Å². The summed E-state index contributed by atoms with van der Waals surface area (Å²) in [7, 11) is -2.24. The fourth-order valence-electron chi connectivity index (χ4n) is 4.25. The molecule has 0 unspecified atom stereocenters. The maximum absolute atomic E-state index is 13.2. The number of anilines is 1. The van der Waals surface area contributed by atoms with Crippen molar-refractivity contribution in [2.24, 2.45) is 0 Å². The average Bonchev–Trinajstić information content (AvgIpc) is 3.09. The number of benzene rings is 1. The molecule has 9 nitrogen and oxygen atoms in total. The quantitative estimate of drug-likeness (QED) is 0.618. The summed E-state index contributed by atoms with van der Waals surface area (Å²) in [5.74, 6) is 0.0115. The van der Waals surface area contributed by atoms with Gasteiger partial charge in [0, 0.05) is 25.2 Å². The summed E-state index contributed by atoms with van der Waals surface area (Å²) < 4.78 is 33.2. The Bertz CT molecular complexity index is 1270. The Kier molecular flexibility index (Phi) is 8.12. The molecule has 1 fully saturated rings.